The average Bonchev–Trinajstić information content (AvgIpc) is 3.07. The van der Waals surface area contributed by atoms with Crippen LogP contribution in [0.4, 0.5) is 4.79 Å². The molecule has 0 radical (unpaired) electrons. The van der Waals surface area contributed by atoms with E-state index in [4.69, 9.17) is 9.47 Å². The number of aliphatic carboxylic acids is 1. The standard InChI is InChI=1S/C27H27NO7S/c1-27(2,3)35-19-11-8-17(9-12-19)14-23(25(29)30)28-26(31)34-16-20-15-22-21-7-5-4-6-18(21)10-13-24(22)36(20,32)33/h4-13,15,23H,14,16H2,1-3H3,(H,28,31)(H,29,30)/t23-/m0/s1. The molecule has 36 heavy (non-hydrogen) atoms. The van der Waals surface area contributed by atoms with Crippen molar-refractivity contribution in [3.63, 3.8) is 0 Å². The van der Waals surface area contributed by atoms with Crippen molar-refractivity contribution in [2.24, 2.45) is 0 Å². The molecule has 0 saturated heterocycles. The molecule has 0 aliphatic carbocycles. The summed E-state index contributed by atoms with van der Waals surface area (Å²) in [6.07, 6.45) is 0.487. The summed E-state index contributed by atoms with van der Waals surface area (Å²) in [5.74, 6) is -0.598. The molecule has 188 valence electrons. The number of nitrogens with one attached hydrogen (secondary N) is 1. The van der Waals surface area contributed by atoms with Gasteiger partial charge in [0.1, 0.15) is 24.0 Å². The number of hydrogen-bond acceptors (Lipinski definition) is 6. The van der Waals surface area contributed by atoms with Gasteiger partial charge in [0.2, 0.25) is 9.84 Å². The summed E-state index contributed by atoms with van der Waals surface area (Å²) in [6.45, 7) is 5.25. The number of fused-ring (bicyclic) bond motifs is 3. The van der Waals surface area contributed by atoms with E-state index in [1.807, 2.05) is 45.0 Å². The molecule has 1 aliphatic heterocycles. The Bertz CT molecular complexity index is 1450. The number of alkyl carbamates (subject to hydrolysis) is 1. The van der Waals surface area contributed by atoms with Crippen LogP contribution in [0.25, 0.3) is 16.8 Å². The molecule has 8 nitrogen and oxygen atoms in total. The van der Waals surface area contributed by atoms with Gasteiger partial charge in [-0.3, -0.25) is 0 Å². The van der Waals surface area contributed by atoms with Crippen molar-refractivity contribution in [2.45, 2.75) is 43.7 Å². The lowest BCUT2D eigenvalue weighted by atomic mass is 10.0. The Morgan fingerprint density at radius 2 is 1.69 bits per heavy atom. The normalized spacial score (nSPS) is 15.0. The molecule has 9 heteroatoms. The number of carbonyl (C=O) groups is 2. The van der Waals surface area contributed by atoms with Crippen LogP contribution in [0, 0.1) is 0 Å². The highest BCUT2D eigenvalue weighted by atomic mass is 32.2. The van der Waals surface area contributed by atoms with Crippen molar-refractivity contribution < 1.29 is 32.6 Å². The Labute approximate surface area is 209 Å². The molecule has 1 aliphatic rings. The monoisotopic (exact) mass is 509 g/mol. The van der Waals surface area contributed by atoms with E-state index >= 15 is 0 Å². The fourth-order valence-electron chi connectivity index (χ4n) is 3.96. The predicted octanol–water partition coefficient (Wildman–Crippen LogP) is 4.57. The molecule has 1 amide bonds. The highest BCUT2D eigenvalue weighted by Gasteiger charge is 2.32. The molecule has 0 bridgehead atoms. The first kappa shape index (κ1) is 25.2. The Kier molecular flexibility index (Phi) is 6.77. The zero-order valence-electron chi connectivity index (χ0n) is 20.1. The fraction of sp³-hybridized carbons (Fsp3) is 0.259. The zero-order chi connectivity index (χ0) is 26.1. The first-order valence-corrected chi connectivity index (χ1v) is 12.8. The van der Waals surface area contributed by atoms with Crippen molar-refractivity contribution in [2.75, 3.05) is 6.61 Å². The molecule has 0 fully saturated rings. The molecule has 0 aromatic heterocycles. The second-order valence-corrected chi connectivity index (χ2v) is 11.5. The van der Waals surface area contributed by atoms with Gasteiger partial charge in [0.05, 0.1) is 9.80 Å². The molecule has 1 atom stereocenters. The van der Waals surface area contributed by atoms with Crippen molar-refractivity contribution in [1.82, 2.24) is 5.32 Å². The zero-order valence-corrected chi connectivity index (χ0v) is 21.0. The van der Waals surface area contributed by atoms with Gasteiger partial charge in [-0.2, -0.15) is 0 Å². The van der Waals surface area contributed by atoms with Crippen LogP contribution < -0.4 is 10.1 Å². The van der Waals surface area contributed by atoms with E-state index in [0.717, 1.165) is 10.8 Å². The summed E-state index contributed by atoms with van der Waals surface area (Å²) in [7, 11) is -3.82. The van der Waals surface area contributed by atoms with E-state index in [0.29, 0.717) is 16.9 Å². The number of ether oxygens (including phenoxy) is 2. The lowest BCUT2D eigenvalue weighted by molar-refractivity contribution is -0.139. The third kappa shape index (κ3) is 5.52. The first-order chi connectivity index (χ1) is 16.9. The lowest BCUT2D eigenvalue weighted by Gasteiger charge is -2.21. The highest BCUT2D eigenvalue weighted by molar-refractivity contribution is 7.95. The molecule has 1 heterocycles. The van der Waals surface area contributed by atoms with Crippen molar-refractivity contribution in [3.05, 3.63) is 76.7 Å². The smallest absolute Gasteiger partial charge is 0.408 e. The van der Waals surface area contributed by atoms with Gasteiger partial charge in [-0.25, -0.2) is 18.0 Å². The summed E-state index contributed by atoms with van der Waals surface area (Å²) < 4.78 is 36.8. The van der Waals surface area contributed by atoms with Gasteiger partial charge in [0, 0.05) is 12.0 Å². The minimum atomic E-state index is -3.82. The van der Waals surface area contributed by atoms with Crippen LogP contribution in [0.15, 0.2) is 70.5 Å². The van der Waals surface area contributed by atoms with Crippen LogP contribution in [0.2, 0.25) is 0 Å². The van der Waals surface area contributed by atoms with Crippen LogP contribution in [0.3, 0.4) is 0 Å². The Morgan fingerprint density at radius 3 is 2.36 bits per heavy atom. The van der Waals surface area contributed by atoms with E-state index < -0.39 is 34.5 Å². The number of carboxylic acids is 1. The summed E-state index contributed by atoms with van der Waals surface area (Å²) >= 11 is 0. The minimum absolute atomic E-state index is 0.0126. The van der Waals surface area contributed by atoms with Crippen LogP contribution in [0.5, 0.6) is 5.75 Å². The number of benzene rings is 3. The molecule has 3 aromatic carbocycles. The molecule has 4 rings (SSSR count). The van der Waals surface area contributed by atoms with E-state index in [-0.39, 0.29) is 21.8 Å². The van der Waals surface area contributed by atoms with Gasteiger partial charge in [0.15, 0.2) is 0 Å². The maximum absolute atomic E-state index is 12.9. The summed E-state index contributed by atoms with van der Waals surface area (Å²) in [4.78, 5) is 24.2. The lowest BCUT2D eigenvalue weighted by Crippen LogP contribution is -2.42. The van der Waals surface area contributed by atoms with E-state index in [1.54, 1.807) is 30.3 Å². The predicted molar refractivity (Wildman–Crippen MR) is 136 cm³/mol. The molecule has 3 aromatic rings. The third-order valence-electron chi connectivity index (χ3n) is 5.59. The maximum atomic E-state index is 12.9. The molecule has 0 unspecified atom stereocenters. The van der Waals surface area contributed by atoms with Crippen molar-refractivity contribution in [1.29, 1.82) is 0 Å². The number of carbonyl (C=O) groups excluding carboxylic acids is 1. The number of amides is 1. The molecule has 0 saturated carbocycles. The number of sulfone groups is 1. The Balaban J connectivity index is 1.41. The van der Waals surface area contributed by atoms with E-state index in [2.05, 4.69) is 5.32 Å². The van der Waals surface area contributed by atoms with Crippen LogP contribution in [-0.2, 0) is 25.8 Å². The van der Waals surface area contributed by atoms with Crippen molar-refractivity contribution >= 4 is 38.7 Å². The number of rotatable bonds is 7. The summed E-state index contributed by atoms with van der Waals surface area (Å²) in [5.41, 5.74) is 0.856. The van der Waals surface area contributed by atoms with Crippen LogP contribution in [-0.4, -0.2) is 43.8 Å². The van der Waals surface area contributed by atoms with Gasteiger partial charge in [-0.15, -0.1) is 0 Å². The average molecular weight is 510 g/mol. The van der Waals surface area contributed by atoms with Gasteiger partial charge in [-0.1, -0.05) is 42.5 Å². The van der Waals surface area contributed by atoms with Gasteiger partial charge >= 0.3 is 12.1 Å². The molecular weight excluding hydrogens is 482 g/mol. The summed E-state index contributed by atoms with van der Waals surface area (Å²) in [5, 5.41) is 13.6. The minimum Gasteiger partial charge on any atom is -0.488 e. The van der Waals surface area contributed by atoms with E-state index in [9.17, 15) is 23.1 Å². The molecule has 2 N–H and O–H groups in total. The second kappa shape index (κ2) is 9.66. The largest absolute Gasteiger partial charge is 0.488 e. The second-order valence-electron chi connectivity index (χ2n) is 9.49. The third-order valence-corrected chi connectivity index (χ3v) is 7.45. The number of hydrogen-bond donors (Lipinski definition) is 2. The topological polar surface area (TPSA) is 119 Å². The fourth-order valence-corrected chi connectivity index (χ4v) is 5.44. The highest BCUT2D eigenvalue weighted by Crippen LogP contribution is 2.37. The SMILES string of the molecule is CC(C)(C)Oc1ccc(C[C@H](NC(=O)OCC2=Cc3c(ccc4ccccc34)S2(=O)=O)C(=O)O)cc1. The number of carboxylic acid groups (broad SMARTS) is 1. The van der Waals surface area contributed by atoms with Crippen LogP contribution in [0.1, 0.15) is 31.9 Å². The summed E-state index contributed by atoms with van der Waals surface area (Å²) in [6, 6.07) is 16.3. The maximum Gasteiger partial charge on any atom is 0.408 e. The molecule has 0 spiro atoms. The Hall–Kier alpha value is -3.85. The van der Waals surface area contributed by atoms with Crippen molar-refractivity contribution in [3.8, 4) is 5.75 Å². The molecular formula is C27H27NO7S. The Morgan fingerprint density at radius 1 is 1.00 bits per heavy atom. The van der Waals surface area contributed by atoms with Crippen LogP contribution >= 0.6 is 0 Å². The van der Waals surface area contributed by atoms with Gasteiger partial charge in [-0.05, 0) is 61.4 Å². The first-order valence-electron chi connectivity index (χ1n) is 11.4. The van der Waals surface area contributed by atoms with E-state index in [1.165, 1.54) is 12.1 Å². The van der Waals surface area contributed by atoms with Gasteiger partial charge < -0.3 is 19.9 Å². The quantitative estimate of drug-likeness (QED) is 0.479. The van der Waals surface area contributed by atoms with Gasteiger partial charge in [0.25, 0.3) is 0 Å².